The second kappa shape index (κ2) is 7.33. The molecule has 0 saturated heterocycles. The van der Waals surface area contributed by atoms with Gasteiger partial charge in [0.05, 0.1) is 5.75 Å². The van der Waals surface area contributed by atoms with E-state index < -0.39 is 9.84 Å². The maximum Gasteiger partial charge on any atom is 0.191 e. The number of rotatable bonds is 6. The molecule has 1 unspecified atom stereocenters. The van der Waals surface area contributed by atoms with E-state index in [1.807, 2.05) is 37.0 Å². The summed E-state index contributed by atoms with van der Waals surface area (Å²) in [5.41, 5.74) is 1.17. The van der Waals surface area contributed by atoms with E-state index in [1.54, 1.807) is 7.05 Å². The topological polar surface area (TPSA) is 75.5 Å². The third kappa shape index (κ3) is 6.60. The number of aromatic nitrogens is 1. The average molecular weight is 300 g/mol. The van der Waals surface area contributed by atoms with Gasteiger partial charge in [-0.2, -0.15) is 0 Å². The number of aliphatic imine (C=N–C) groups is 1. The highest BCUT2D eigenvalue weighted by Gasteiger charge is 2.09. The molecular formula is C13H24N4O2S. The molecule has 1 aromatic rings. The van der Waals surface area contributed by atoms with Crippen LogP contribution in [0.15, 0.2) is 23.5 Å². The van der Waals surface area contributed by atoms with Crippen molar-refractivity contribution in [2.24, 2.45) is 12.0 Å². The number of sulfone groups is 1. The van der Waals surface area contributed by atoms with Gasteiger partial charge in [-0.1, -0.05) is 0 Å². The molecule has 0 fully saturated rings. The Kier molecular flexibility index (Phi) is 6.06. The molecule has 0 spiro atoms. The molecule has 1 atom stereocenters. The summed E-state index contributed by atoms with van der Waals surface area (Å²) in [5.74, 6) is 0.853. The lowest BCUT2D eigenvalue weighted by molar-refractivity contribution is 0.581. The molecule has 0 radical (unpaired) electrons. The van der Waals surface area contributed by atoms with Gasteiger partial charge in [-0.25, -0.2) is 8.42 Å². The van der Waals surface area contributed by atoms with Crippen LogP contribution in [0, 0.1) is 0 Å². The van der Waals surface area contributed by atoms with Crippen LogP contribution in [0.5, 0.6) is 0 Å². The number of nitrogens with zero attached hydrogens (tertiary/aromatic N) is 2. The van der Waals surface area contributed by atoms with Gasteiger partial charge >= 0.3 is 0 Å². The minimum Gasteiger partial charge on any atom is -0.357 e. The molecular weight excluding hydrogens is 276 g/mol. The first kappa shape index (κ1) is 16.6. The van der Waals surface area contributed by atoms with Crippen LogP contribution in [0.4, 0.5) is 0 Å². The van der Waals surface area contributed by atoms with Gasteiger partial charge in [0.2, 0.25) is 0 Å². The van der Waals surface area contributed by atoms with Crippen molar-refractivity contribution >= 4 is 15.8 Å². The fraction of sp³-hybridized carbons (Fsp3) is 0.615. The summed E-state index contributed by atoms with van der Waals surface area (Å²) in [4.78, 5) is 4.13. The van der Waals surface area contributed by atoms with E-state index in [9.17, 15) is 8.42 Å². The van der Waals surface area contributed by atoms with E-state index in [0.29, 0.717) is 18.9 Å². The summed E-state index contributed by atoms with van der Waals surface area (Å²) in [5, 5.41) is 6.39. The van der Waals surface area contributed by atoms with E-state index in [-0.39, 0.29) is 11.8 Å². The Labute approximate surface area is 121 Å². The Morgan fingerprint density at radius 1 is 1.50 bits per heavy atom. The monoisotopic (exact) mass is 300 g/mol. The highest BCUT2D eigenvalue weighted by Crippen LogP contribution is 1.99. The minimum atomic E-state index is -2.92. The molecule has 2 N–H and O–H groups in total. The Bertz CT molecular complexity index is 548. The van der Waals surface area contributed by atoms with Crippen LogP contribution in [0.2, 0.25) is 0 Å². The van der Waals surface area contributed by atoms with Gasteiger partial charge in [0.1, 0.15) is 9.84 Å². The highest BCUT2D eigenvalue weighted by atomic mass is 32.2. The van der Waals surface area contributed by atoms with Crippen molar-refractivity contribution in [3.63, 3.8) is 0 Å². The molecule has 0 amide bonds. The molecule has 114 valence electrons. The Morgan fingerprint density at radius 2 is 2.20 bits per heavy atom. The molecule has 0 aliphatic heterocycles. The predicted octanol–water partition coefficient (Wildman–Crippen LogP) is 0.513. The highest BCUT2D eigenvalue weighted by molar-refractivity contribution is 7.90. The number of hydrogen-bond acceptors (Lipinski definition) is 3. The van der Waals surface area contributed by atoms with Crippen molar-refractivity contribution in [3.05, 3.63) is 24.0 Å². The SMILES string of the molecule is CN=C(NCc1ccn(C)c1)NC(C)CCS(C)(=O)=O. The normalized spacial score (nSPS) is 14.1. The van der Waals surface area contributed by atoms with Gasteiger partial charge in [0.25, 0.3) is 0 Å². The van der Waals surface area contributed by atoms with Crippen LogP contribution < -0.4 is 10.6 Å². The maximum absolute atomic E-state index is 11.1. The Hall–Kier alpha value is -1.50. The fourth-order valence-electron chi connectivity index (χ4n) is 1.74. The van der Waals surface area contributed by atoms with Gasteiger partial charge in [-0.3, -0.25) is 4.99 Å². The number of aryl methyl sites for hydroxylation is 1. The molecule has 0 aliphatic carbocycles. The first-order valence-electron chi connectivity index (χ1n) is 6.56. The molecule has 1 aromatic heterocycles. The number of nitrogens with one attached hydrogen (secondary N) is 2. The van der Waals surface area contributed by atoms with E-state index in [2.05, 4.69) is 15.6 Å². The van der Waals surface area contributed by atoms with Crippen molar-refractivity contribution in [3.8, 4) is 0 Å². The van der Waals surface area contributed by atoms with Crippen LogP contribution in [-0.2, 0) is 23.4 Å². The summed E-state index contributed by atoms with van der Waals surface area (Å²) in [7, 11) is 0.757. The summed E-state index contributed by atoms with van der Waals surface area (Å²) < 4.78 is 24.2. The van der Waals surface area contributed by atoms with E-state index in [0.717, 1.165) is 0 Å². The molecule has 0 aromatic carbocycles. The lowest BCUT2D eigenvalue weighted by atomic mass is 10.2. The molecule has 0 bridgehead atoms. The molecule has 1 heterocycles. The zero-order valence-corrected chi connectivity index (χ0v) is 13.4. The first-order chi connectivity index (χ1) is 9.30. The van der Waals surface area contributed by atoms with Crippen molar-refractivity contribution in [1.82, 2.24) is 15.2 Å². The Balaban J connectivity index is 2.39. The van der Waals surface area contributed by atoms with Gasteiger partial charge < -0.3 is 15.2 Å². The van der Waals surface area contributed by atoms with Crippen LogP contribution >= 0.6 is 0 Å². The smallest absolute Gasteiger partial charge is 0.191 e. The lowest BCUT2D eigenvalue weighted by Gasteiger charge is -2.17. The van der Waals surface area contributed by atoms with Gasteiger partial charge in [0, 0.05) is 45.3 Å². The first-order valence-corrected chi connectivity index (χ1v) is 8.62. The lowest BCUT2D eigenvalue weighted by Crippen LogP contribution is -2.42. The molecule has 7 heteroatoms. The molecule has 20 heavy (non-hydrogen) atoms. The zero-order chi connectivity index (χ0) is 15.2. The van der Waals surface area contributed by atoms with Crippen molar-refractivity contribution in [1.29, 1.82) is 0 Å². The van der Waals surface area contributed by atoms with E-state index in [1.165, 1.54) is 11.8 Å². The van der Waals surface area contributed by atoms with Crippen molar-refractivity contribution in [2.75, 3.05) is 19.1 Å². The van der Waals surface area contributed by atoms with Crippen LogP contribution in [-0.4, -0.2) is 44.0 Å². The van der Waals surface area contributed by atoms with Gasteiger partial charge in [-0.15, -0.1) is 0 Å². The largest absolute Gasteiger partial charge is 0.357 e. The standard InChI is InChI=1S/C13H24N4O2S/c1-11(6-8-20(4,18)19)16-13(14-2)15-9-12-5-7-17(3)10-12/h5,7,10-11H,6,8-9H2,1-4H3,(H2,14,15,16). The third-order valence-electron chi connectivity index (χ3n) is 2.88. The van der Waals surface area contributed by atoms with Crippen LogP contribution in [0.25, 0.3) is 0 Å². The third-order valence-corrected chi connectivity index (χ3v) is 3.86. The zero-order valence-electron chi connectivity index (χ0n) is 12.5. The van der Waals surface area contributed by atoms with E-state index in [4.69, 9.17) is 0 Å². The second-order valence-corrected chi connectivity index (χ2v) is 7.33. The Morgan fingerprint density at radius 3 is 2.70 bits per heavy atom. The van der Waals surface area contributed by atoms with Gasteiger partial charge in [0.15, 0.2) is 5.96 Å². The summed E-state index contributed by atoms with van der Waals surface area (Å²) in [6.45, 7) is 2.62. The predicted molar refractivity (Wildman–Crippen MR) is 82.5 cm³/mol. The molecule has 1 rings (SSSR count). The molecule has 0 aliphatic rings. The minimum absolute atomic E-state index is 0.0479. The number of hydrogen-bond donors (Lipinski definition) is 2. The van der Waals surface area contributed by atoms with Crippen molar-refractivity contribution < 1.29 is 8.42 Å². The van der Waals surface area contributed by atoms with Crippen LogP contribution in [0.3, 0.4) is 0 Å². The maximum atomic E-state index is 11.1. The van der Waals surface area contributed by atoms with Crippen LogP contribution in [0.1, 0.15) is 18.9 Å². The van der Waals surface area contributed by atoms with Gasteiger partial charge in [-0.05, 0) is 25.0 Å². The average Bonchev–Trinajstić information content (AvgIpc) is 2.77. The fourth-order valence-corrected chi connectivity index (χ4v) is 2.52. The summed E-state index contributed by atoms with van der Waals surface area (Å²) in [6.07, 6.45) is 5.84. The summed E-state index contributed by atoms with van der Waals surface area (Å²) in [6, 6.07) is 2.08. The molecule has 6 nitrogen and oxygen atoms in total. The van der Waals surface area contributed by atoms with E-state index >= 15 is 0 Å². The summed E-state index contributed by atoms with van der Waals surface area (Å²) >= 11 is 0. The quantitative estimate of drug-likeness (QED) is 0.593. The molecule has 0 saturated carbocycles. The second-order valence-electron chi connectivity index (χ2n) is 5.07. The van der Waals surface area contributed by atoms with Crippen molar-refractivity contribution in [2.45, 2.75) is 25.9 Å². The number of guanidine groups is 1.